The van der Waals surface area contributed by atoms with Crippen LogP contribution in [-0.4, -0.2) is 50.8 Å². The average molecular weight is 226 g/mol. The maximum absolute atomic E-state index is 5.48. The summed E-state index contributed by atoms with van der Waals surface area (Å²) in [5.74, 6) is 0.759. The summed E-state index contributed by atoms with van der Waals surface area (Å²) >= 11 is 0. The first-order valence-electron chi connectivity index (χ1n) is 6.96. The van der Waals surface area contributed by atoms with Gasteiger partial charge in [0.25, 0.3) is 0 Å². The van der Waals surface area contributed by atoms with Crippen LogP contribution in [0.15, 0.2) is 0 Å². The summed E-state index contributed by atoms with van der Waals surface area (Å²) in [5.41, 5.74) is 0. The predicted octanol–water partition coefficient (Wildman–Crippen LogP) is 1.49. The molecule has 2 fully saturated rings. The molecule has 2 rings (SSSR count). The lowest BCUT2D eigenvalue weighted by atomic mass is 10.0. The zero-order valence-electron chi connectivity index (χ0n) is 10.4. The zero-order chi connectivity index (χ0) is 11.1. The Morgan fingerprint density at radius 1 is 1.12 bits per heavy atom. The topological polar surface area (TPSA) is 24.5 Å². The van der Waals surface area contributed by atoms with E-state index in [0.29, 0.717) is 0 Å². The Labute approximate surface area is 99.5 Å². The molecule has 0 bridgehead atoms. The second-order valence-electron chi connectivity index (χ2n) is 5.19. The van der Waals surface area contributed by atoms with Crippen molar-refractivity contribution in [1.82, 2.24) is 10.2 Å². The van der Waals surface area contributed by atoms with Crippen LogP contribution < -0.4 is 5.32 Å². The highest BCUT2D eigenvalue weighted by molar-refractivity contribution is 4.68. The number of hydrogen-bond acceptors (Lipinski definition) is 3. The van der Waals surface area contributed by atoms with E-state index in [9.17, 15) is 0 Å². The molecule has 0 amide bonds. The summed E-state index contributed by atoms with van der Waals surface area (Å²) in [7, 11) is 0. The van der Waals surface area contributed by atoms with Crippen LogP contribution in [0, 0.1) is 5.92 Å². The molecule has 2 heterocycles. The minimum Gasteiger partial charge on any atom is -0.381 e. The third-order valence-electron chi connectivity index (χ3n) is 3.74. The van der Waals surface area contributed by atoms with Gasteiger partial charge in [0, 0.05) is 26.2 Å². The van der Waals surface area contributed by atoms with Crippen LogP contribution in [0.1, 0.15) is 32.1 Å². The molecule has 2 aliphatic rings. The molecule has 2 aliphatic heterocycles. The molecule has 0 spiro atoms. The minimum atomic E-state index is 0.759. The Morgan fingerprint density at radius 2 is 2.00 bits per heavy atom. The van der Waals surface area contributed by atoms with Crippen LogP contribution in [-0.2, 0) is 4.74 Å². The van der Waals surface area contributed by atoms with Gasteiger partial charge in [0.15, 0.2) is 0 Å². The minimum absolute atomic E-state index is 0.759. The van der Waals surface area contributed by atoms with E-state index in [4.69, 9.17) is 4.74 Å². The SMILES string of the molecule is C1CCN(CCNCC2CCCOC2)CC1. The number of hydrogen-bond donors (Lipinski definition) is 1. The van der Waals surface area contributed by atoms with Crippen LogP contribution in [0.3, 0.4) is 0 Å². The van der Waals surface area contributed by atoms with E-state index in [-0.39, 0.29) is 0 Å². The standard InChI is InChI=1S/C13H26N2O/c1-2-7-15(8-3-1)9-6-14-11-13-5-4-10-16-12-13/h13-14H,1-12H2. The molecule has 3 nitrogen and oxygen atoms in total. The van der Waals surface area contributed by atoms with Gasteiger partial charge in [-0.15, -0.1) is 0 Å². The van der Waals surface area contributed by atoms with Crippen LogP contribution in [0.5, 0.6) is 0 Å². The number of piperidine rings is 1. The molecule has 0 radical (unpaired) electrons. The van der Waals surface area contributed by atoms with E-state index in [0.717, 1.165) is 32.2 Å². The molecule has 2 saturated heterocycles. The molecule has 0 saturated carbocycles. The summed E-state index contributed by atoms with van der Waals surface area (Å²) in [5, 5.41) is 3.58. The van der Waals surface area contributed by atoms with Gasteiger partial charge in [0.1, 0.15) is 0 Å². The van der Waals surface area contributed by atoms with Gasteiger partial charge < -0.3 is 15.0 Å². The fourth-order valence-electron chi connectivity index (χ4n) is 2.69. The molecule has 16 heavy (non-hydrogen) atoms. The Morgan fingerprint density at radius 3 is 2.75 bits per heavy atom. The van der Waals surface area contributed by atoms with Crippen molar-refractivity contribution in [2.24, 2.45) is 5.92 Å². The van der Waals surface area contributed by atoms with Crippen molar-refractivity contribution in [2.45, 2.75) is 32.1 Å². The molecular formula is C13H26N2O. The molecule has 0 aliphatic carbocycles. The molecule has 1 atom stereocenters. The molecule has 94 valence electrons. The molecule has 0 aromatic rings. The number of nitrogens with zero attached hydrogens (tertiary/aromatic N) is 1. The van der Waals surface area contributed by atoms with Gasteiger partial charge in [0.2, 0.25) is 0 Å². The Bertz CT molecular complexity index is 155. The smallest absolute Gasteiger partial charge is 0.0506 e. The van der Waals surface area contributed by atoms with Crippen molar-refractivity contribution in [3.8, 4) is 0 Å². The van der Waals surface area contributed by atoms with Gasteiger partial charge >= 0.3 is 0 Å². The van der Waals surface area contributed by atoms with Crippen molar-refractivity contribution in [2.75, 3.05) is 45.9 Å². The highest BCUT2D eigenvalue weighted by atomic mass is 16.5. The molecule has 0 aromatic heterocycles. The van der Waals surface area contributed by atoms with Gasteiger partial charge in [0.05, 0.1) is 6.61 Å². The van der Waals surface area contributed by atoms with E-state index in [2.05, 4.69) is 10.2 Å². The lowest BCUT2D eigenvalue weighted by Gasteiger charge is -2.27. The fourth-order valence-corrected chi connectivity index (χ4v) is 2.69. The second kappa shape index (κ2) is 7.25. The van der Waals surface area contributed by atoms with Crippen LogP contribution >= 0.6 is 0 Å². The lowest BCUT2D eigenvalue weighted by molar-refractivity contribution is 0.0546. The third-order valence-corrected chi connectivity index (χ3v) is 3.74. The molecule has 1 N–H and O–H groups in total. The molecular weight excluding hydrogens is 200 g/mol. The number of nitrogens with one attached hydrogen (secondary N) is 1. The summed E-state index contributed by atoms with van der Waals surface area (Å²) in [6.07, 6.45) is 6.82. The van der Waals surface area contributed by atoms with Crippen molar-refractivity contribution in [1.29, 1.82) is 0 Å². The number of ether oxygens (including phenoxy) is 1. The van der Waals surface area contributed by atoms with Crippen LogP contribution in [0.25, 0.3) is 0 Å². The monoisotopic (exact) mass is 226 g/mol. The van der Waals surface area contributed by atoms with Crippen molar-refractivity contribution >= 4 is 0 Å². The lowest BCUT2D eigenvalue weighted by Crippen LogP contribution is -2.38. The molecule has 1 unspecified atom stereocenters. The first-order chi connectivity index (χ1) is 7.95. The van der Waals surface area contributed by atoms with E-state index in [1.54, 1.807) is 0 Å². The van der Waals surface area contributed by atoms with Gasteiger partial charge in [-0.3, -0.25) is 0 Å². The van der Waals surface area contributed by atoms with Gasteiger partial charge in [-0.1, -0.05) is 6.42 Å². The average Bonchev–Trinajstić information content (AvgIpc) is 2.37. The second-order valence-corrected chi connectivity index (χ2v) is 5.19. The quantitative estimate of drug-likeness (QED) is 0.719. The maximum Gasteiger partial charge on any atom is 0.0506 e. The summed E-state index contributed by atoms with van der Waals surface area (Å²) in [6.45, 7) is 8.10. The van der Waals surface area contributed by atoms with E-state index in [1.165, 1.54) is 51.7 Å². The van der Waals surface area contributed by atoms with Gasteiger partial charge in [-0.25, -0.2) is 0 Å². The Hall–Kier alpha value is -0.120. The van der Waals surface area contributed by atoms with Crippen molar-refractivity contribution in [3.63, 3.8) is 0 Å². The highest BCUT2D eigenvalue weighted by Crippen LogP contribution is 2.12. The normalized spacial score (nSPS) is 28.1. The summed E-state index contributed by atoms with van der Waals surface area (Å²) in [4.78, 5) is 2.59. The first-order valence-corrected chi connectivity index (χ1v) is 6.96. The number of rotatable bonds is 5. The summed E-state index contributed by atoms with van der Waals surface area (Å²) < 4.78 is 5.48. The molecule has 3 heteroatoms. The Kier molecular flexibility index (Phi) is 5.59. The van der Waals surface area contributed by atoms with Gasteiger partial charge in [-0.2, -0.15) is 0 Å². The molecule has 0 aromatic carbocycles. The van der Waals surface area contributed by atoms with Crippen LogP contribution in [0.4, 0.5) is 0 Å². The highest BCUT2D eigenvalue weighted by Gasteiger charge is 2.13. The van der Waals surface area contributed by atoms with E-state index in [1.807, 2.05) is 0 Å². The maximum atomic E-state index is 5.48. The van der Waals surface area contributed by atoms with E-state index < -0.39 is 0 Å². The first kappa shape index (κ1) is 12.3. The predicted molar refractivity (Wildman–Crippen MR) is 66.7 cm³/mol. The third kappa shape index (κ3) is 4.40. The van der Waals surface area contributed by atoms with Gasteiger partial charge in [-0.05, 0) is 44.7 Å². The van der Waals surface area contributed by atoms with E-state index >= 15 is 0 Å². The number of likely N-dealkylation sites (tertiary alicyclic amines) is 1. The fraction of sp³-hybridized carbons (Fsp3) is 1.00. The van der Waals surface area contributed by atoms with Crippen LogP contribution in [0.2, 0.25) is 0 Å². The summed E-state index contributed by atoms with van der Waals surface area (Å²) in [6, 6.07) is 0. The Balaban J connectivity index is 1.47. The zero-order valence-corrected chi connectivity index (χ0v) is 10.4. The van der Waals surface area contributed by atoms with Crippen molar-refractivity contribution in [3.05, 3.63) is 0 Å². The van der Waals surface area contributed by atoms with Crippen molar-refractivity contribution < 1.29 is 4.74 Å². The largest absolute Gasteiger partial charge is 0.381 e.